The van der Waals surface area contributed by atoms with E-state index in [-0.39, 0.29) is 28.2 Å². The maximum Gasteiger partial charge on any atom is 0.262 e. The molecule has 0 radical (unpaired) electrons. The number of benzene rings is 2. The summed E-state index contributed by atoms with van der Waals surface area (Å²) < 4.78 is 46.9. The summed E-state index contributed by atoms with van der Waals surface area (Å²) in [5.41, 5.74) is 0.115. The fourth-order valence-electron chi connectivity index (χ4n) is 3.12. The molecule has 1 aliphatic heterocycles. The lowest BCUT2D eigenvalue weighted by Gasteiger charge is -2.24. The fourth-order valence-corrected chi connectivity index (χ4v) is 4.23. The molecule has 3 rings (SSSR count). The van der Waals surface area contributed by atoms with Crippen LogP contribution in [0.1, 0.15) is 30.1 Å². The SMILES string of the molecule is CCN(CC1CCCO1)C(=O)c1cccc(S(=O)(=O)Nc2ccccc2F)c1. The Hall–Kier alpha value is -2.45. The quantitative estimate of drug-likeness (QED) is 0.766. The van der Waals surface area contributed by atoms with Gasteiger partial charge in [-0.2, -0.15) is 0 Å². The number of rotatable bonds is 7. The van der Waals surface area contributed by atoms with E-state index in [4.69, 9.17) is 4.74 Å². The number of sulfonamides is 1. The van der Waals surface area contributed by atoms with E-state index in [0.29, 0.717) is 19.7 Å². The molecule has 2 aromatic rings. The number of likely N-dealkylation sites (N-methyl/N-ethyl adjacent to an activating group) is 1. The van der Waals surface area contributed by atoms with Crippen molar-refractivity contribution in [1.29, 1.82) is 0 Å². The van der Waals surface area contributed by atoms with Gasteiger partial charge in [0.05, 0.1) is 16.7 Å². The molecule has 0 aromatic heterocycles. The second kappa shape index (κ2) is 8.70. The highest BCUT2D eigenvalue weighted by Gasteiger charge is 2.24. The first-order valence-electron chi connectivity index (χ1n) is 9.19. The van der Waals surface area contributed by atoms with Crippen LogP contribution >= 0.6 is 0 Å². The molecule has 2 aromatic carbocycles. The van der Waals surface area contributed by atoms with Gasteiger partial charge in [0.15, 0.2) is 0 Å². The van der Waals surface area contributed by atoms with E-state index >= 15 is 0 Å². The van der Waals surface area contributed by atoms with Crippen molar-refractivity contribution in [2.75, 3.05) is 24.4 Å². The third kappa shape index (κ3) is 4.69. The molecule has 1 fully saturated rings. The van der Waals surface area contributed by atoms with E-state index in [2.05, 4.69) is 4.72 Å². The zero-order chi connectivity index (χ0) is 20.1. The Bertz CT molecular complexity index is 943. The van der Waals surface area contributed by atoms with E-state index in [1.54, 1.807) is 11.0 Å². The molecular weight excluding hydrogens is 383 g/mol. The molecule has 0 aliphatic carbocycles. The molecule has 6 nitrogen and oxygen atoms in total. The minimum atomic E-state index is -4.03. The van der Waals surface area contributed by atoms with Crippen molar-refractivity contribution in [3.05, 3.63) is 59.9 Å². The smallest absolute Gasteiger partial charge is 0.262 e. The lowest BCUT2D eigenvalue weighted by Crippen LogP contribution is -2.37. The molecule has 1 atom stereocenters. The number of halogens is 1. The number of amides is 1. The molecule has 1 unspecified atom stereocenters. The summed E-state index contributed by atoms with van der Waals surface area (Å²) in [7, 11) is -4.03. The highest BCUT2D eigenvalue weighted by molar-refractivity contribution is 7.92. The zero-order valence-electron chi connectivity index (χ0n) is 15.6. The molecular formula is C20H23FN2O4S. The third-order valence-corrected chi connectivity index (χ3v) is 5.99. The van der Waals surface area contributed by atoms with Gasteiger partial charge in [0, 0.05) is 25.3 Å². The van der Waals surface area contributed by atoms with Crippen molar-refractivity contribution in [2.45, 2.75) is 30.8 Å². The fraction of sp³-hybridized carbons (Fsp3) is 0.350. The summed E-state index contributed by atoms with van der Waals surface area (Å²) in [4.78, 5) is 14.4. The first-order valence-corrected chi connectivity index (χ1v) is 10.7. The number of nitrogens with zero attached hydrogens (tertiary/aromatic N) is 1. The molecule has 150 valence electrons. The third-order valence-electron chi connectivity index (χ3n) is 4.63. The van der Waals surface area contributed by atoms with E-state index in [9.17, 15) is 17.6 Å². The van der Waals surface area contributed by atoms with Crippen molar-refractivity contribution >= 4 is 21.6 Å². The van der Waals surface area contributed by atoms with Gasteiger partial charge in [-0.1, -0.05) is 18.2 Å². The second-order valence-corrected chi connectivity index (χ2v) is 8.27. The van der Waals surface area contributed by atoms with Gasteiger partial charge in [-0.05, 0) is 50.1 Å². The highest BCUT2D eigenvalue weighted by atomic mass is 32.2. The Balaban J connectivity index is 1.80. The first kappa shape index (κ1) is 20.3. The lowest BCUT2D eigenvalue weighted by atomic mass is 10.1. The number of ether oxygens (including phenoxy) is 1. The number of carbonyl (C=O) groups excluding carboxylic acids is 1. The van der Waals surface area contributed by atoms with E-state index < -0.39 is 15.8 Å². The lowest BCUT2D eigenvalue weighted by molar-refractivity contribution is 0.0539. The topological polar surface area (TPSA) is 75.7 Å². The minimum absolute atomic E-state index is 0.0125. The summed E-state index contributed by atoms with van der Waals surface area (Å²) in [5, 5.41) is 0. The predicted octanol–water partition coefficient (Wildman–Crippen LogP) is 3.27. The van der Waals surface area contributed by atoms with Crippen LogP contribution in [-0.4, -0.2) is 45.0 Å². The van der Waals surface area contributed by atoms with Crippen LogP contribution in [0.4, 0.5) is 10.1 Å². The van der Waals surface area contributed by atoms with Crippen LogP contribution in [-0.2, 0) is 14.8 Å². The van der Waals surface area contributed by atoms with Crippen molar-refractivity contribution in [3.8, 4) is 0 Å². The Morgan fingerprint density at radius 1 is 1.25 bits per heavy atom. The summed E-state index contributed by atoms with van der Waals surface area (Å²) in [5.74, 6) is -0.937. The van der Waals surface area contributed by atoms with E-state index in [0.717, 1.165) is 12.8 Å². The molecule has 28 heavy (non-hydrogen) atoms. The summed E-state index contributed by atoms with van der Waals surface area (Å²) >= 11 is 0. The normalized spacial score (nSPS) is 16.7. The molecule has 1 aliphatic rings. The average molecular weight is 406 g/mol. The zero-order valence-corrected chi connectivity index (χ0v) is 16.4. The van der Waals surface area contributed by atoms with Crippen LogP contribution in [0.2, 0.25) is 0 Å². The predicted molar refractivity (Wildman–Crippen MR) is 104 cm³/mol. The average Bonchev–Trinajstić information content (AvgIpc) is 3.20. The van der Waals surface area contributed by atoms with Gasteiger partial charge < -0.3 is 9.64 Å². The maximum atomic E-state index is 13.8. The molecule has 1 N–H and O–H groups in total. The van der Waals surface area contributed by atoms with Crippen LogP contribution < -0.4 is 4.72 Å². The standard InChI is InChI=1S/C20H23FN2O4S/c1-2-23(14-16-8-6-12-27-16)20(24)15-7-5-9-17(13-15)28(25,26)22-19-11-4-3-10-18(19)21/h3-5,7,9-11,13,16,22H,2,6,8,12,14H2,1H3. The monoisotopic (exact) mass is 406 g/mol. The van der Waals surface area contributed by atoms with Crippen LogP contribution in [0, 0.1) is 5.82 Å². The van der Waals surface area contributed by atoms with Crippen LogP contribution in [0.25, 0.3) is 0 Å². The number of para-hydroxylation sites is 1. The molecule has 0 saturated carbocycles. The van der Waals surface area contributed by atoms with Gasteiger partial charge in [0.2, 0.25) is 0 Å². The molecule has 1 heterocycles. The van der Waals surface area contributed by atoms with Crippen LogP contribution in [0.5, 0.6) is 0 Å². The van der Waals surface area contributed by atoms with Crippen molar-refractivity contribution in [2.24, 2.45) is 0 Å². The highest BCUT2D eigenvalue weighted by Crippen LogP contribution is 2.21. The number of hydrogen-bond acceptors (Lipinski definition) is 4. The van der Waals surface area contributed by atoms with Gasteiger partial charge >= 0.3 is 0 Å². The molecule has 0 spiro atoms. The van der Waals surface area contributed by atoms with Gasteiger partial charge in [0.1, 0.15) is 5.82 Å². The molecule has 0 bridgehead atoms. The Labute approximate surface area is 164 Å². The van der Waals surface area contributed by atoms with Crippen LogP contribution in [0.15, 0.2) is 53.4 Å². The van der Waals surface area contributed by atoms with Gasteiger partial charge in [-0.15, -0.1) is 0 Å². The van der Waals surface area contributed by atoms with Crippen molar-refractivity contribution in [3.63, 3.8) is 0 Å². The molecule has 1 amide bonds. The minimum Gasteiger partial charge on any atom is -0.376 e. The summed E-state index contributed by atoms with van der Waals surface area (Å²) in [6.07, 6.45) is 1.90. The molecule has 8 heteroatoms. The van der Waals surface area contributed by atoms with E-state index in [1.807, 2.05) is 6.92 Å². The summed E-state index contributed by atoms with van der Waals surface area (Å²) in [6, 6.07) is 11.3. The van der Waals surface area contributed by atoms with Crippen LogP contribution in [0.3, 0.4) is 0 Å². The number of nitrogens with one attached hydrogen (secondary N) is 1. The summed E-state index contributed by atoms with van der Waals surface area (Å²) in [6.45, 7) is 3.53. The maximum absolute atomic E-state index is 13.8. The number of hydrogen-bond donors (Lipinski definition) is 1. The molecule has 1 saturated heterocycles. The first-order chi connectivity index (χ1) is 13.4. The number of anilines is 1. The van der Waals surface area contributed by atoms with Gasteiger partial charge in [0.25, 0.3) is 15.9 Å². The Morgan fingerprint density at radius 3 is 2.71 bits per heavy atom. The van der Waals surface area contributed by atoms with Gasteiger partial charge in [-0.25, -0.2) is 12.8 Å². The van der Waals surface area contributed by atoms with E-state index in [1.165, 1.54) is 42.5 Å². The van der Waals surface area contributed by atoms with Crippen molar-refractivity contribution in [1.82, 2.24) is 4.90 Å². The number of carbonyl (C=O) groups is 1. The largest absolute Gasteiger partial charge is 0.376 e. The Morgan fingerprint density at radius 2 is 2.04 bits per heavy atom. The van der Waals surface area contributed by atoms with Crippen molar-refractivity contribution < 1.29 is 22.3 Å². The Kier molecular flexibility index (Phi) is 6.31. The van der Waals surface area contributed by atoms with Gasteiger partial charge in [-0.3, -0.25) is 9.52 Å². The second-order valence-electron chi connectivity index (χ2n) is 6.59.